The van der Waals surface area contributed by atoms with Crippen molar-refractivity contribution in [3.63, 3.8) is 0 Å². The van der Waals surface area contributed by atoms with E-state index in [4.69, 9.17) is 20.4 Å². The number of ether oxygens (including phenoxy) is 1. The number of hydrogen-bond donors (Lipinski definition) is 2. The molecule has 3 N–H and O–H groups in total. The normalized spacial score (nSPS) is 26.4. The smallest absolute Gasteiger partial charge is 0.475 e. The van der Waals surface area contributed by atoms with E-state index in [0.29, 0.717) is 12.5 Å². The summed E-state index contributed by atoms with van der Waals surface area (Å²) in [5.74, 6) is -2.42. The number of nitrogens with two attached hydrogens (primary N) is 1. The molecule has 0 radical (unpaired) electrons. The number of esters is 1. The molecular formula is C10H16F3NO4. The van der Waals surface area contributed by atoms with Crippen LogP contribution in [0.25, 0.3) is 0 Å². The summed E-state index contributed by atoms with van der Waals surface area (Å²) >= 11 is 0. The zero-order valence-corrected chi connectivity index (χ0v) is 10.1. The van der Waals surface area contributed by atoms with Crippen molar-refractivity contribution in [3.05, 3.63) is 0 Å². The van der Waals surface area contributed by atoms with Crippen LogP contribution in [0.15, 0.2) is 0 Å². The molecule has 0 aromatic heterocycles. The quantitative estimate of drug-likeness (QED) is 0.739. The number of carbonyl (C=O) groups is 2. The zero-order valence-electron chi connectivity index (χ0n) is 10.1. The highest BCUT2D eigenvalue weighted by molar-refractivity contribution is 5.81. The van der Waals surface area contributed by atoms with Gasteiger partial charge in [0.15, 0.2) is 0 Å². The average molecular weight is 271 g/mol. The second-order valence-electron chi connectivity index (χ2n) is 4.19. The van der Waals surface area contributed by atoms with Crippen molar-refractivity contribution in [1.29, 1.82) is 0 Å². The minimum atomic E-state index is -5.08. The Morgan fingerprint density at radius 3 is 2.06 bits per heavy atom. The number of carbonyl (C=O) groups excluding carboxylic acids is 1. The fraction of sp³-hybridized carbons (Fsp3) is 0.800. The second-order valence-corrected chi connectivity index (χ2v) is 4.19. The third kappa shape index (κ3) is 4.91. The van der Waals surface area contributed by atoms with Crippen LogP contribution in [-0.2, 0) is 14.3 Å². The van der Waals surface area contributed by atoms with Gasteiger partial charge in [0.1, 0.15) is 5.54 Å². The summed E-state index contributed by atoms with van der Waals surface area (Å²) in [7, 11) is 0. The first-order chi connectivity index (χ1) is 8.03. The average Bonchev–Trinajstić information content (AvgIpc) is 2.15. The van der Waals surface area contributed by atoms with E-state index in [1.165, 1.54) is 0 Å². The Morgan fingerprint density at radius 2 is 1.83 bits per heavy atom. The van der Waals surface area contributed by atoms with Crippen LogP contribution in [0.4, 0.5) is 13.2 Å². The van der Waals surface area contributed by atoms with E-state index in [9.17, 15) is 18.0 Å². The Bertz CT molecular complexity index is 311. The van der Waals surface area contributed by atoms with Gasteiger partial charge in [0.25, 0.3) is 0 Å². The van der Waals surface area contributed by atoms with E-state index < -0.39 is 17.7 Å². The second kappa shape index (κ2) is 6.03. The van der Waals surface area contributed by atoms with Gasteiger partial charge in [0, 0.05) is 0 Å². The lowest BCUT2D eigenvalue weighted by Gasteiger charge is -2.40. The van der Waals surface area contributed by atoms with Gasteiger partial charge in [-0.05, 0) is 25.7 Å². The largest absolute Gasteiger partial charge is 0.490 e. The van der Waals surface area contributed by atoms with Gasteiger partial charge in [-0.3, -0.25) is 4.79 Å². The summed E-state index contributed by atoms with van der Waals surface area (Å²) in [5.41, 5.74) is 5.09. The van der Waals surface area contributed by atoms with Crippen molar-refractivity contribution in [2.24, 2.45) is 11.7 Å². The molecule has 1 rings (SSSR count). The van der Waals surface area contributed by atoms with Crippen molar-refractivity contribution < 1.29 is 32.6 Å². The number of rotatable bonds is 2. The maximum absolute atomic E-state index is 11.1. The number of hydrogen-bond acceptors (Lipinski definition) is 4. The number of halogens is 3. The molecular weight excluding hydrogens is 255 g/mol. The molecule has 1 aliphatic carbocycles. The highest BCUT2D eigenvalue weighted by Gasteiger charge is 2.46. The Labute approximate surface area is 102 Å². The van der Waals surface area contributed by atoms with Crippen LogP contribution in [-0.4, -0.2) is 35.4 Å². The van der Waals surface area contributed by atoms with E-state index in [-0.39, 0.29) is 5.97 Å². The first-order valence-electron chi connectivity index (χ1n) is 5.29. The van der Waals surface area contributed by atoms with Crippen molar-refractivity contribution in [1.82, 2.24) is 0 Å². The molecule has 0 aromatic carbocycles. The lowest BCUT2D eigenvalue weighted by Crippen LogP contribution is -2.57. The molecule has 5 nitrogen and oxygen atoms in total. The highest BCUT2D eigenvalue weighted by atomic mass is 19.4. The minimum Gasteiger partial charge on any atom is -0.475 e. The van der Waals surface area contributed by atoms with E-state index in [1.54, 1.807) is 6.92 Å². The maximum atomic E-state index is 11.1. The molecule has 106 valence electrons. The van der Waals surface area contributed by atoms with Gasteiger partial charge in [0.05, 0.1) is 6.61 Å². The van der Waals surface area contributed by atoms with Gasteiger partial charge in [0.2, 0.25) is 0 Å². The van der Waals surface area contributed by atoms with E-state index >= 15 is 0 Å². The number of alkyl halides is 3. The predicted molar refractivity (Wildman–Crippen MR) is 55.6 cm³/mol. The molecule has 0 amide bonds. The first kappa shape index (κ1) is 16.7. The lowest BCUT2D eigenvalue weighted by molar-refractivity contribution is -0.192. The van der Waals surface area contributed by atoms with E-state index in [2.05, 4.69) is 6.92 Å². The van der Waals surface area contributed by atoms with Gasteiger partial charge in [-0.15, -0.1) is 0 Å². The van der Waals surface area contributed by atoms with Crippen LogP contribution in [0, 0.1) is 5.92 Å². The lowest BCUT2D eigenvalue weighted by atomic mass is 9.70. The van der Waals surface area contributed by atoms with Crippen molar-refractivity contribution in [3.8, 4) is 0 Å². The highest BCUT2D eigenvalue weighted by Crippen LogP contribution is 2.35. The monoisotopic (exact) mass is 271 g/mol. The van der Waals surface area contributed by atoms with Crippen LogP contribution < -0.4 is 5.73 Å². The third-order valence-electron chi connectivity index (χ3n) is 2.35. The summed E-state index contributed by atoms with van der Waals surface area (Å²) < 4.78 is 36.6. The zero-order chi connectivity index (χ0) is 14.6. The van der Waals surface area contributed by atoms with Crippen LogP contribution in [0.2, 0.25) is 0 Å². The summed E-state index contributed by atoms with van der Waals surface area (Å²) in [6.07, 6.45) is -3.54. The molecule has 0 aromatic rings. The van der Waals surface area contributed by atoms with Gasteiger partial charge in [-0.25, -0.2) is 4.79 Å². The molecule has 8 heteroatoms. The van der Waals surface area contributed by atoms with Crippen LogP contribution in [0.1, 0.15) is 26.7 Å². The van der Waals surface area contributed by atoms with Crippen molar-refractivity contribution in [2.45, 2.75) is 38.4 Å². The van der Waals surface area contributed by atoms with E-state index in [0.717, 1.165) is 12.8 Å². The maximum Gasteiger partial charge on any atom is 0.490 e. The third-order valence-corrected chi connectivity index (χ3v) is 2.35. The summed E-state index contributed by atoms with van der Waals surface area (Å²) in [5, 5.41) is 7.12. The Balaban J connectivity index is 0.000000360. The first-order valence-corrected chi connectivity index (χ1v) is 5.29. The Kier molecular flexibility index (Phi) is 5.59. The molecule has 1 fully saturated rings. The Hall–Kier alpha value is -1.31. The molecule has 0 spiro atoms. The van der Waals surface area contributed by atoms with Gasteiger partial charge in [-0.1, -0.05) is 6.92 Å². The van der Waals surface area contributed by atoms with Gasteiger partial charge < -0.3 is 15.6 Å². The number of carboxylic acids is 1. The summed E-state index contributed by atoms with van der Waals surface area (Å²) in [6, 6.07) is 0. The minimum absolute atomic E-state index is 0.238. The molecule has 0 aliphatic heterocycles. The summed E-state index contributed by atoms with van der Waals surface area (Å²) in [4.78, 5) is 20.0. The molecule has 0 atom stereocenters. The molecule has 0 bridgehead atoms. The van der Waals surface area contributed by atoms with Crippen LogP contribution in [0.3, 0.4) is 0 Å². The SMILES string of the molecule is CCOC(=O)C1(N)CC(C)C1.O=C(O)C(F)(F)F. The van der Waals surface area contributed by atoms with Crippen LogP contribution >= 0.6 is 0 Å². The molecule has 0 unspecified atom stereocenters. The number of aliphatic carboxylic acids is 1. The number of carboxylic acid groups (broad SMARTS) is 1. The van der Waals surface area contributed by atoms with Gasteiger partial charge in [-0.2, -0.15) is 13.2 Å². The topological polar surface area (TPSA) is 89.6 Å². The Morgan fingerprint density at radius 1 is 1.44 bits per heavy atom. The molecule has 18 heavy (non-hydrogen) atoms. The molecule has 1 saturated carbocycles. The predicted octanol–water partition coefficient (Wildman–Crippen LogP) is 1.31. The van der Waals surface area contributed by atoms with E-state index in [1.807, 2.05) is 0 Å². The molecule has 1 aliphatic rings. The summed E-state index contributed by atoms with van der Waals surface area (Å²) in [6.45, 7) is 4.31. The standard InChI is InChI=1S/C8H15NO2.C2HF3O2/c1-3-11-7(10)8(9)4-6(2)5-8;3-2(4,5)1(6)7/h6H,3-5,9H2,1-2H3;(H,6,7). The fourth-order valence-electron chi connectivity index (χ4n) is 1.63. The van der Waals surface area contributed by atoms with Crippen molar-refractivity contribution in [2.75, 3.05) is 6.61 Å². The molecule has 0 heterocycles. The van der Waals surface area contributed by atoms with Crippen molar-refractivity contribution >= 4 is 11.9 Å². The fourth-order valence-corrected chi connectivity index (χ4v) is 1.63. The van der Waals surface area contributed by atoms with Gasteiger partial charge >= 0.3 is 18.1 Å². The molecule has 0 saturated heterocycles. The van der Waals surface area contributed by atoms with Crippen LogP contribution in [0.5, 0.6) is 0 Å².